The van der Waals surface area contributed by atoms with Gasteiger partial charge in [0.15, 0.2) is 0 Å². The van der Waals surface area contributed by atoms with E-state index in [0.717, 1.165) is 0 Å². The highest BCUT2D eigenvalue weighted by Crippen LogP contribution is 2.11. The fourth-order valence-corrected chi connectivity index (χ4v) is 2.25. The molecule has 0 saturated heterocycles. The Balaban J connectivity index is 0.000000225. The summed E-state index contributed by atoms with van der Waals surface area (Å²) in [5.74, 6) is -0.373. The molecule has 0 fully saturated rings. The minimum Gasteiger partial charge on any atom is -0.276 e. The van der Waals surface area contributed by atoms with E-state index in [9.17, 15) is 23.2 Å². The largest absolute Gasteiger partial charge is 0.332 e. The SMILES string of the molecule is O=C(Cl)c1ccc(Cl)cc1.O=C(Cl)c1ccc(F)cc1.O=C(F)c1ccc(Cl)cc1. The average Bonchev–Trinajstić information content (AvgIpc) is 2.70. The van der Waals surface area contributed by atoms with Crippen molar-refractivity contribution in [2.75, 3.05) is 0 Å². The van der Waals surface area contributed by atoms with E-state index in [4.69, 9.17) is 46.4 Å². The van der Waals surface area contributed by atoms with Gasteiger partial charge in [0, 0.05) is 21.2 Å². The summed E-state index contributed by atoms with van der Waals surface area (Å²) in [6.07, 6.45) is 0. The molecule has 9 heteroatoms. The summed E-state index contributed by atoms with van der Waals surface area (Å²) in [5.41, 5.74) is 0.804. The lowest BCUT2D eigenvalue weighted by atomic mass is 10.2. The second-order valence-corrected chi connectivity index (χ2v) is 6.90. The molecular formula is C21H12Cl4F2O3. The third kappa shape index (κ3) is 9.94. The van der Waals surface area contributed by atoms with Crippen LogP contribution < -0.4 is 0 Å². The molecule has 0 aliphatic rings. The lowest BCUT2D eigenvalue weighted by Crippen LogP contribution is -1.87. The van der Waals surface area contributed by atoms with Crippen LogP contribution in [0.5, 0.6) is 0 Å². The second kappa shape index (κ2) is 13.1. The van der Waals surface area contributed by atoms with Crippen molar-refractivity contribution in [2.24, 2.45) is 0 Å². The highest BCUT2D eigenvalue weighted by molar-refractivity contribution is 6.68. The van der Waals surface area contributed by atoms with Crippen LogP contribution in [0.1, 0.15) is 31.1 Å². The summed E-state index contributed by atoms with van der Waals surface area (Å²) in [6, 6.07) is 15.6. The Labute approximate surface area is 191 Å². The monoisotopic (exact) mass is 490 g/mol. The molecule has 3 rings (SSSR count). The summed E-state index contributed by atoms with van der Waals surface area (Å²) in [5, 5.41) is 0.0586. The van der Waals surface area contributed by atoms with Crippen molar-refractivity contribution in [1.29, 1.82) is 0 Å². The van der Waals surface area contributed by atoms with Gasteiger partial charge in [-0.05, 0) is 96.0 Å². The van der Waals surface area contributed by atoms with Gasteiger partial charge in [0.25, 0.3) is 10.5 Å². The normalized spacial score (nSPS) is 9.40. The third-order valence-electron chi connectivity index (χ3n) is 3.21. The highest BCUT2D eigenvalue weighted by atomic mass is 35.5. The Bertz CT molecular complexity index is 858. The van der Waals surface area contributed by atoms with Gasteiger partial charge in [-0.15, -0.1) is 0 Å². The van der Waals surface area contributed by atoms with Gasteiger partial charge in [0.2, 0.25) is 0 Å². The van der Waals surface area contributed by atoms with Crippen molar-refractivity contribution in [1.82, 2.24) is 0 Å². The zero-order valence-corrected chi connectivity index (χ0v) is 17.9. The molecule has 0 unspecified atom stereocenters. The first-order valence-corrected chi connectivity index (χ1v) is 9.47. The second-order valence-electron chi connectivity index (χ2n) is 5.34. The third-order valence-corrected chi connectivity index (χ3v) is 4.15. The maximum atomic E-state index is 12.2. The van der Waals surface area contributed by atoms with Crippen LogP contribution in [0.3, 0.4) is 0 Å². The van der Waals surface area contributed by atoms with Gasteiger partial charge in [-0.25, -0.2) is 4.39 Å². The summed E-state index contributed by atoms with van der Waals surface area (Å²) in [4.78, 5) is 30.9. The molecule has 0 N–H and O–H groups in total. The summed E-state index contributed by atoms with van der Waals surface area (Å²) < 4.78 is 24.1. The average molecular weight is 492 g/mol. The standard InChI is InChI=1S/C7H4Cl2O.2C7H4ClFO/c8-6-3-1-5(2-4-6)7(9)10;8-7(10)5-1-3-6(9)4-2-5;8-6-3-1-5(2-4-6)7(9)10/h3*1-4H. The van der Waals surface area contributed by atoms with Crippen molar-refractivity contribution in [2.45, 2.75) is 0 Å². The quantitative estimate of drug-likeness (QED) is 0.359. The van der Waals surface area contributed by atoms with Gasteiger partial charge >= 0.3 is 6.04 Å². The van der Waals surface area contributed by atoms with Crippen molar-refractivity contribution >= 4 is 62.9 Å². The zero-order chi connectivity index (χ0) is 22.7. The van der Waals surface area contributed by atoms with Crippen molar-refractivity contribution in [3.63, 3.8) is 0 Å². The molecule has 0 aliphatic heterocycles. The van der Waals surface area contributed by atoms with E-state index >= 15 is 0 Å². The molecule has 0 amide bonds. The number of benzene rings is 3. The van der Waals surface area contributed by atoms with Gasteiger partial charge < -0.3 is 0 Å². The Morgan fingerprint density at radius 3 is 1.17 bits per heavy atom. The van der Waals surface area contributed by atoms with Gasteiger partial charge in [0.05, 0.1) is 5.56 Å². The van der Waals surface area contributed by atoms with E-state index in [1.165, 1.54) is 48.5 Å². The molecule has 0 atom stereocenters. The Morgan fingerprint density at radius 1 is 0.567 bits per heavy atom. The van der Waals surface area contributed by atoms with Gasteiger partial charge in [-0.1, -0.05) is 23.2 Å². The minimum atomic E-state index is -1.43. The smallest absolute Gasteiger partial charge is 0.276 e. The predicted molar refractivity (Wildman–Crippen MR) is 115 cm³/mol. The number of halogens is 6. The first-order valence-electron chi connectivity index (χ1n) is 7.96. The van der Waals surface area contributed by atoms with Crippen molar-refractivity contribution in [3.8, 4) is 0 Å². The molecule has 0 spiro atoms. The predicted octanol–water partition coefficient (Wildman–Crippen LogP) is 7.37. The van der Waals surface area contributed by atoms with Crippen LogP contribution in [0.4, 0.5) is 8.78 Å². The zero-order valence-electron chi connectivity index (χ0n) is 14.9. The molecule has 3 nitrogen and oxygen atoms in total. The molecule has 156 valence electrons. The lowest BCUT2D eigenvalue weighted by Gasteiger charge is -1.91. The molecule has 0 aromatic heterocycles. The molecule has 3 aromatic rings. The number of hydrogen-bond acceptors (Lipinski definition) is 3. The van der Waals surface area contributed by atoms with Crippen LogP contribution >= 0.6 is 46.4 Å². The topological polar surface area (TPSA) is 51.2 Å². The molecule has 30 heavy (non-hydrogen) atoms. The van der Waals surface area contributed by atoms with E-state index in [0.29, 0.717) is 21.2 Å². The number of hydrogen-bond donors (Lipinski definition) is 0. The van der Waals surface area contributed by atoms with Crippen molar-refractivity contribution in [3.05, 3.63) is 105 Å². The van der Waals surface area contributed by atoms with Gasteiger partial charge in [0.1, 0.15) is 5.82 Å². The Morgan fingerprint density at radius 2 is 0.867 bits per heavy atom. The number of rotatable bonds is 3. The van der Waals surface area contributed by atoms with Gasteiger partial charge in [-0.2, -0.15) is 4.39 Å². The number of carbonyl (C=O) groups is 3. The molecule has 0 aliphatic carbocycles. The van der Waals surface area contributed by atoms with Crippen LogP contribution in [0.15, 0.2) is 72.8 Å². The molecular weight excluding hydrogens is 480 g/mol. The van der Waals surface area contributed by atoms with Crippen LogP contribution in [0.25, 0.3) is 0 Å². The molecule has 0 bridgehead atoms. The van der Waals surface area contributed by atoms with Crippen LogP contribution in [0.2, 0.25) is 10.0 Å². The van der Waals surface area contributed by atoms with E-state index < -0.39 is 16.5 Å². The summed E-state index contributed by atoms with van der Waals surface area (Å²) >= 11 is 21.3. The first-order chi connectivity index (χ1) is 14.1. The molecule has 0 heterocycles. The maximum absolute atomic E-state index is 12.2. The Hall–Kier alpha value is -2.31. The first kappa shape index (κ1) is 25.7. The van der Waals surface area contributed by atoms with E-state index in [-0.39, 0.29) is 11.4 Å². The van der Waals surface area contributed by atoms with Crippen LogP contribution in [0, 0.1) is 5.82 Å². The minimum absolute atomic E-state index is 0.0319. The van der Waals surface area contributed by atoms with E-state index in [1.54, 1.807) is 24.3 Å². The Kier molecular flexibility index (Phi) is 11.2. The summed E-state index contributed by atoms with van der Waals surface area (Å²) in [7, 11) is 0. The molecule has 3 aromatic carbocycles. The molecule has 0 radical (unpaired) electrons. The van der Waals surface area contributed by atoms with E-state index in [1.807, 2.05) is 0 Å². The summed E-state index contributed by atoms with van der Waals surface area (Å²) in [6.45, 7) is 0. The lowest BCUT2D eigenvalue weighted by molar-refractivity contribution is 0.0835. The maximum Gasteiger partial charge on any atom is 0.332 e. The fraction of sp³-hybridized carbons (Fsp3) is 0. The fourth-order valence-electron chi connectivity index (χ4n) is 1.74. The molecule has 0 saturated carbocycles. The van der Waals surface area contributed by atoms with Crippen LogP contribution in [-0.2, 0) is 0 Å². The van der Waals surface area contributed by atoms with Crippen molar-refractivity contribution < 1.29 is 23.2 Å². The van der Waals surface area contributed by atoms with Gasteiger partial charge in [-0.3, -0.25) is 14.4 Å². The van der Waals surface area contributed by atoms with Crippen LogP contribution in [-0.4, -0.2) is 16.5 Å². The van der Waals surface area contributed by atoms with E-state index in [2.05, 4.69) is 0 Å². The number of carbonyl (C=O) groups excluding carboxylic acids is 3. The highest BCUT2D eigenvalue weighted by Gasteiger charge is 2.01.